The first kappa shape index (κ1) is 17.3. The van der Waals surface area contributed by atoms with Crippen molar-refractivity contribution in [2.24, 2.45) is 0 Å². The summed E-state index contributed by atoms with van der Waals surface area (Å²) in [6, 6.07) is 7.57. The van der Waals surface area contributed by atoms with E-state index >= 15 is 0 Å². The number of rotatable bonds is 3. The zero-order chi connectivity index (χ0) is 17.5. The molecule has 0 heterocycles. The number of hydrogen-bond acceptors (Lipinski definition) is 3. The van der Waals surface area contributed by atoms with E-state index in [1.165, 1.54) is 12.1 Å². The van der Waals surface area contributed by atoms with Crippen molar-refractivity contribution >= 4 is 27.6 Å². The average Bonchev–Trinajstić information content (AvgIpc) is 2.49. The Morgan fingerprint density at radius 2 is 1.96 bits per heavy atom. The molecule has 0 saturated heterocycles. The van der Waals surface area contributed by atoms with Crippen LogP contribution in [-0.2, 0) is 37.8 Å². The lowest BCUT2D eigenvalue weighted by Gasteiger charge is -2.20. The van der Waals surface area contributed by atoms with Crippen LogP contribution in [0.15, 0.2) is 35.2 Å². The van der Waals surface area contributed by atoms with Crippen LogP contribution in [0.25, 0.3) is 0 Å². The molecular formula is C18H16ClFO3S. The smallest absolute Gasteiger partial charge is 0.191 e. The quantitative estimate of drug-likeness (QED) is 0.770. The van der Waals surface area contributed by atoms with Gasteiger partial charge >= 0.3 is 0 Å². The van der Waals surface area contributed by atoms with E-state index in [2.05, 4.69) is 0 Å². The number of ketones is 1. The van der Waals surface area contributed by atoms with E-state index in [9.17, 15) is 17.9 Å². The van der Waals surface area contributed by atoms with Gasteiger partial charge in [-0.05, 0) is 54.3 Å². The van der Waals surface area contributed by atoms with Gasteiger partial charge < -0.3 is 4.55 Å². The summed E-state index contributed by atoms with van der Waals surface area (Å²) in [4.78, 5) is 11.2. The number of halogens is 2. The number of hydrogen-bond donors (Lipinski definition) is 0. The maximum atomic E-state index is 14.4. The third-order valence-corrected chi connectivity index (χ3v) is 6.22. The second-order valence-electron chi connectivity index (χ2n) is 6.10. The van der Waals surface area contributed by atoms with E-state index in [-0.39, 0.29) is 22.9 Å². The van der Waals surface area contributed by atoms with Crippen LogP contribution in [0.1, 0.15) is 28.7 Å². The molecular weight excluding hydrogens is 351 g/mol. The molecule has 2 aromatic carbocycles. The molecule has 0 N–H and O–H groups in total. The summed E-state index contributed by atoms with van der Waals surface area (Å²) in [5.41, 5.74) is 2.65. The van der Waals surface area contributed by atoms with E-state index in [0.29, 0.717) is 29.0 Å². The summed E-state index contributed by atoms with van der Waals surface area (Å²) in [6.07, 6.45) is 0.985. The molecule has 126 valence electrons. The van der Waals surface area contributed by atoms with E-state index in [4.69, 9.17) is 11.6 Å². The van der Waals surface area contributed by atoms with Crippen molar-refractivity contribution in [3.05, 3.63) is 63.4 Å². The van der Waals surface area contributed by atoms with E-state index in [1.54, 1.807) is 25.1 Å². The molecule has 1 aliphatic carbocycles. The first-order valence-corrected chi connectivity index (χ1v) is 9.60. The zero-order valence-corrected chi connectivity index (χ0v) is 14.7. The lowest BCUT2D eigenvalue weighted by molar-refractivity contribution is -0.118. The lowest BCUT2D eigenvalue weighted by Crippen LogP contribution is -2.19. The molecule has 3 rings (SSSR count). The minimum Gasteiger partial charge on any atom is -0.610 e. The highest BCUT2D eigenvalue weighted by Crippen LogP contribution is 2.31. The number of Topliss-reactive ketones (excluding diaryl/α,β-unsaturated/α-hetero) is 1. The van der Waals surface area contributed by atoms with Crippen LogP contribution in [0.5, 0.6) is 0 Å². The largest absolute Gasteiger partial charge is 0.610 e. The number of aryl methyl sites for hydroxylation is 2. The highest BCUT2D eigenvalue weighted by Gasteiger charge is 2.29. The number of benzene rings is 2. The van der Waals surface area contributed by atoms with Gasteiger partial charge in [-0.25, -0.2) is 4.39 Å². The SMILES string of the molecule is Cc1ccc(Cl)cc1C[S+](=O)([O-])c1cc2c(cc1F)CC(=O)CC2. The second-order valence-corrected chi connectivity index (χ2v) is 8.49. The van der Waals surface area contributed by atoms with Gasteiger partial charge in [0, 0.05) is 23.4 Å². The second kappa shape index (κ2) is 6.39. The van der Waals surface area contributed by atoms with Crippen molar-refractivity contribution in [2.45, 2.75) is 36.8 Å². The fourth-order valence-corrected chi connectivity index (χ4v) is 4.67. The molecule has 0 aliphatic heterocycles. The summed E-state index contributed by atoms with van der Waals surface area (Å²) < 4.78 is 39.7. The molecule has 2 aromatic rings. The summed E-state index contributed by atoms with van der Waals surface area (Å²) in [5, 5.41) is 0.440. The van der Waals surface area contributed by atoms with Crippen molar-refractivity contribution in [3.63, 3.8) is 0 Å². The molecule has 1 aliphatic rings. The average molecular weight is 367 g/mol. The Hall–Kier alpha value is -1.56. The van der Waals surface area contributed by atoms with Gasteiger partial charge in [-0.2, -0.15) is 0 Å². The van der Waals surface area contributed by atoms with Crippen LogP contribution in [0.4, 0.5) is 4.39 Å². The predicted molar refractivity (Wildman–Crippen MR) is 90.4 cm³/mol. The zero-order valence-electron chi connectivity index (χ0n) is 13.1. The molecule has 6 heteroatoms. The normalized spacial score (nSPS) is 16.6. The van der Waals surface area contributed by atoms with Gasteiger partial charge in [0.2, 0.25) is 0 Å². The highest BCUT2D eigenvalue weighted by atomic mass is 35.5. The van der Waals surface area contributed by atoms with Crippen molar-refractivity contribution in [1.29, 1.82) is 0 Å². The van der Waals surface area contributed by atoms with Gasteiger partial charge in [-0.1, -0.05) is 17.7 Å². The summed E-state index contributed by atoms with van der Waals surface area (Å²) >= 11 is 5.93. The third kappa shape index (κ3) is 3.43. The highest BCUT2D eigenvalue weighted by molar-refractivity contribution is 7.97. The van der Waals surface area contributed by atoms with Crippen molar-refractivity contribution < 1.29 is 17.9 Å². The molecule has 0 amide bonds. The maximum absolute atomic E-state index is 14.4. The minimum atomic E-state index is -3.85. The van der Waals surface area contributed by atoms with Crippen LogP contribution < -0.4 is 0 Å². The molecule has 0 bridgehead atoms. The number of carbonyl (C=O) groups is 1. The molecule has 1 unspecified atom stereocenters. The maximum Gasteiger partial charge on any atom is 0.191 e. The number of carbonyl (C=O) groups excluding carboxylic acids is 1. The lowest BCUT2D eigenvalue weighted by atomic mass is 9.91. The van der Waals surface area contributed by atoms with Crippen LogP contribution in [-0.4, -0.2) is 10.3 Å². The molecule has 0 fully saturated rings. The van der Waals surface area contributed by atoms with Crippen molar-refractivity contribution in [3.8, 4) is 0 Å². The van der Waals surface area contributed by atoms with E-state index in [0.717, 1.165) is 11.1 Å². The van der Waals surface area contributed by atoms with Crippen LogP contribution in [0, 0.1) is 12.7 Å². The van der Waals surface area contributed by atoms with Gasteiger partial charge in [0.1, 0.15) is 11.5 Å². The Morgan fingerprint density at radius 1 is 1.21 bits per heavy atom. The van der Waals surface area contributed by atoms with Crippen molar-refractivity contribution in [2.75, 3.05) is 0 Å². The standard InChI is InChI=1S/C18H16ClFO3S/c1-11-2-4-15(19)6-14(11)10-24(22,23)18-9-12-3-5-16(21)7-13(12)8-17(18)20/h2,4,6,8-9H,3,5,7,10H2,1H3. The molecule has 0 aromatic heterocycles. The summed E-state index contributed by atoms with van der Waals surface area (Å²) in [5.74, 6) is -1.07. The molecule has 0 saturated carbocycles. The molecule has 1 atom stereocenters. The minimum absolute atomic E-state index is 0.0482. The number of sulfone groups is 1. The first-order valence-electron chi connectivity index (χ1n) is 7.57. The fraction of sp³-hybridized carbons (Fsp3) is 0.278. The fourth-order valence-electron chi connectivity index (χ4n) is 2.93. The predicted octanol–water partition coefficient (Wildman–Crippen LogP) is 4.03. The number of fused-ring (bicyclic) bond motifs is 1. The molecule has 3 nitrogen and oxygen atoms in total. The summed E-state index contributed by atoms with van der Waals surface area (Å²) in [7, 11) is -3.85. The molecule has 24 heavy (non-hydrogen) atoms. The van der Waals surface area contributed by atoms with E-state index in [1.807, 2.05) is 0 Å². The Morgan fingerprint density at radius 3 is 2.71 bits per heavy atom. The summed E-state index contributed by atoms with van der Waals surface area (Å²) in [6.45, 7) is 1.79. The van der Waals surface area contributed by atoms with Gasteiger partial charge in [0.05, 0.1) is 10.2 Å². The van der Waals surface area contributed by atoms with Crippen LogP contribution >= 0.6 is 11.6 Å². The Labute approximate surface area is 146 Å². The van der Waals surface area contributed by atoms with Gasteiger partial charge in [-0.15, -0.1) is 4.21 Å². The van der Waals surface area contributed by atoms with Gasteiger partial charge in [-0.3, -0.25) is 4.79 Å². The first-order chi connectivity index (χ1) is 11.3. The van der Waals surface area contributed by atoms with Gasteiger partial charge in [0.15, 0.2) is 10.7 Å². The van der Waals surface area contributed by atoms with Gasteiger partial charge in [0.25, 0.3) is 0 Å². The Balaban J connectivity index is 1.99. The van der Waals surface area contributed by atoms with Crippen molar-refractivity contribution in [1.82, 2.24) is 0 Å². The van der Waals surface area contributed by atoms with E-state index < -0.39 is 16.0 Å². The topological polar surface area (TPSA) is 57.2 Å². The molecule has 0 spiro atoms. The molecule has 0 radical (unpaired) electrons. The van der Waals surface area contributed by atoms with Crippen LogP contribution in [0.3, 0.4) is 0 Å². The Bertz CT molecular complexity index is 879. The Kier molecular flexibility index (Phi) is 4.60. The third-order valence-electron chi connectivity index (χ3n) is 4.31. The monoisotopic (exact) mass is 366 g/mol. The van der Waals surface area contributed by atoms with Crippen LogP contribution in [0.2, 0.25) is 5.02 Å².